The van der Waals surface area contributed by atoms with Crippen molar-refractivity contribution in [3.05, 3.63) is 47.2 Å². The number of aryl methyl sites for hydroxylation is 1. The summed E-state index contributed by atoms with van der Waals surface area (Å²) < 4.78 is 0. The van der Waals surface area contributed by atoms with E-state index in [0.29, 0.717) is 18.4 Å². The first kappa shape index (κ1) is 23.0. The number of carbonyl (C=O) groups is 2. The summed E-state index contributed by atoms with van der Waals surface area (Å²) >= 11 is 0. The van der Waals surface area contributed by atoms with Crippen LogP contribution in [0.25, 0.3) is 0 Å². The monoisotopic (exact) mass is 400 g/mol. The van der Waals surface area contributed by atoms with Gasteiger partial charge < -0.3 is 15.3 Å². The second kappa shape index (κ2) is 9.02. The topological polar surface area (TPSA) is 69.6 Å². The number of carboxylic acids is 1. The van der Waals surface area contributed by atoms with E-state index in [2.05, 4.69) is 71.1 Å². The molecule has 0 fully saturated rings. The zero-order valence-electron chi connectivity index (χ0n) is 18.7. The van der Waals surface area contributed by atoms with E-state index in [1.807, 2.05) is 6.20 Å². The summed E-state index contributed by atoms with van der Waals surface area (Å²) in [6, 6.07) is 8.38. The van der Waals surface area contributed by atoms with Gasteiger partial charge in [0, 0.05) is 19.2 Å². The molecule has 29 heavy (non-hydrogen) atoms. The van der Waals surface area contributed by atoms with Crippen LogP contribution in [0, 0.1) is 11.3 Å². The van der Waals surface area contributed by atoms with Crippen LogP contribution < -0.4 is 5.32 Å². The number of urea groups is 1. The number of benzene rings is 1. The second-order valence-corrected chi connectivity index (χ2v) is 9.74. The highest BCUT2D eigenvalue weighted by Crippen LogP contribution is 2.37. The molecule has 0 spiro atoms. The van der Waals surface area contributed by atoms with E-state index in [-0.39, 0.29) is 18.4 Å². The zero-order chi connectivity index (χ0) is 21.8. The van der Waals surface area contributed by atoms with E-state index >= 15 is 0 Å². The van der Waals surface area contributed by atoms with Gasteiger partial charge >= 0.3 is 12.0 Å². The average Bonchev–Trinajstić information content (AvgIpc) is 2.61. The summed E-state index contributed by atoms with van der Waals surface area (Å²) in [5.41, 5.74) is 3.22. The highest BCUT2D eigenvalue weighted by molar-refractivity contribution is 5.79. The largest absolute Gasteiger partial charge is 0.481 e. The minimum atomic E-state index is -0.841. The van der Waals surface area contributed by atoms with Gasteiger partial charge in [-0.1, -0.05) is 58.9 Å². The lowest BCUT2D eigenvalue weighted by molar-refractivity contribution is -0.137. The molecule has 1 unspecified atom stereocenters. The average molecular weight is 401 g/mol. The predicted octanol–water partition coefficient (Wildman–Crippen LogP) is 5.31. The number of amides is 2. The van der Waals surface area contributed by atoms with E-state index < -0.39 is 11.5 Å². The third-order valence-corrected chi connectivity index (χ3v) is 5.60. The Bertz CT molecular complexity index is 759. The number of hydrogen-bond donors (Lipinski definition) is 2. The summed E-state index contributed by atoms with van der Waals surface area (Å²) in [5, 5.41) is 12.0. The molecule has 1 heterocycles. The van der Waals surface area contributed by atoms with Gasteiger partial charge in [-0.25, -0.2) is 4.79 Å². The van der Waals surface area contributed by atoms with Gasteiger partial charge in [0.1, 0.15) is 0 Å². The zero-order valence-corrected chi connectivity index (χ0v) is 18.7. The minimum absolute atomic E-state index is 0.0575. The normalized spacial score (nSPS) is 19.9. The Kier molecular flexibility index (Phi) is 7.15. The van der Waals surface area contributed by atoms with Gasteiger partial charge in [0.2, 0.25) is 0 Å². The van der Waals surface area contributed by atoms with Crippen LogP contribution >= 0.6 is 0 Å². The van der Waals surface area contributed by atoms with Gasteiger partial charge in [0.25, 0.3) is 0 Å². The van der Waals surface area contributed by atoms with Gasteiger partial charge in [0.15, 0.2) is 0 Å². The van der Waals surface area contributed by atoms with Crippen LogP contribution in [0.4, 0.5) is 4.79 Å². The molecule has 0 aliphatic carbocycles. The van der Waals surface area contributed by atoms with E-state index in [1.54, 1.807) is 4.90 Å². The maximum Gasteiger partial charge on any atom is 0.322 e. The first-order valence-electron chi connectivity index (χ1n) is 10.5. The summed E-state index contributed by atoms with van der Waals surface area (Å²) in [4.78, 5) is 25.1. The van der Waals surface area contributed by atoms with Gasteiger partial charge in [-0.15, -0.1) is 0 Å². The van der Waals surface area contributed by atoms with Crippen molar-refractivity contribution in [1.82, 2.24) is 10.2 Å². The number of nitrogens with one attached hydrogen (secondary N) is 1. The lowest BCUT2D eigenvalue weighted by Crippen LogP contribution is -2.54. The van der Waals surface area contributed by atoms with Crippen molar-refractivity contribution >= 4 is 12.0 Å². The van der Waals surface area contributed by atoms with Crippen molar-refractivity contribution in [2.45, 2.75) is 72.8 Å². The highest BCUT2D eigenvalue weighted by atomic mass is 16.4. The standard InChI is InChI=1S/C24H36N2O3/c1-17(2)20-16-26(15-7-8-21(27)28)22(29)25-24(20,6)19-11-9-18(10-12-19)13-14-23(3,4)5/h9-12,16-17H,7-8,13-15H2,1-6H3,(H,25,29)(H,27,28). The van der Waals surface area contributed by atoms with Crippen LogP contribution in [0.3, 0.4) is 0 Å². The molecule has 5 nitrogen and oxygen atoms in total. The molecule has 2 N–H and O–H groups in total. The number of aliphatic carboxylic acids is 1. The van der Waals surface area contributed by atoms with Crippen molar-refractivity contribution in [2.24, 2.45) is 11.3 Å². The Morgan fingerprint density at radius 1 is 1.21 bits per heavy atom. The van der Waals surface area contributed by atoms with Crippen LogP contribution in [0.5, 0.6) is 0 Å². The molecule has 1 aromatic carbocycles. The maximum atomic E-state index is 12.7. The minimum Gasteiger partial charge on any atom is -0.481 e. The lowest BCUT2D eigenvalue weighted by Gasteiger charge is -2.42. The molecule has 160 valence electrons. The van der Waals surface area contributed by atoms with Gasteiger partial charge in [-0.05, 0) is 54.2 Å². The van der Waals surface area contributed by atoms with E-state index in [9.17, 15) is 9.59 Å². The van der Waals surface area contributed by atoms with Crippen LogP contribution in [0.2, 0.25) is 0 Å². The van der Waals surface area contributed by atoms with E-state index in [4.69, 9.17) is 5.11 Å². The first-order valence-corrected chi connectivity index (χ1v) is 10.5. The van der Waals surface area contributed by atoms with Gasteiger partial charge in [-0.3, -0.25) is 4.79 Å². The van der Waals surface area contributed by atoms with Crippen molar-refractivity contribution < 1.29 is 14.7 Å². The molecule has 2 amide bonds. The summed E-state index contributed by atoms with van der Waals surface area (Å²) in [5.74, 6) is -0.602. The summed E-state index contributed by atoms with van der Waals surface area (Å²) in [6.45, 7) is 13.4. The molecular weight excluding hydrogens is 364 g/mol. The fourth-order valence-electron chi connectivity index (χ4n) is 3.77. The quantitative estimate of drug-likeness (QED) is 0.621. The number of nitrogens with zero attached hydrogens (tertiary/aromatic N) is 1. The molecule has 5 heteroatoms. The fourth-order valence-corrected chi connectivity index (χ4v) is 3.77. The smallest absolute Gasteiger partial charge is 0.322 e. The van der Waals surface area contributed by atoms with E-state index in [1.165, 1.54) is 5.56 Å². The molecular formula is C24H36N2O3. The summed E-state index contributed by atoms with van der Waals surface area (Å²) in [6.07, 6.45) is 4.57. The van der Waals surface area contributed by atoms with Crippen LogP contribution in [0.1, 0.15) is 71.9 Å². The van der Waals surface area contributed by atoms with Crippen LogP contribution in [-0.2, 0) is 16.8 Å². The van der Waals surface area contributed by atoms with Gasteiger partial charge in [-0.2, -0.15) is 0 Å². The molecule has 0 saturated carbocycles. The van der Waals surface area contributed by atoms with Crippen LogP contribution in [0.15, 0.2) is 36.0 Å². The third kappa shape index (κ3) is 6.09. The van der Waals surface area contributed by atoms with Crippen molar-refractivity contribution in [3.63, 3.8) is 0 Å². The Morgan fingerprint density at radius 3 is 2.34 bits per heavy atom. The van der Waals surface area contributed by atoms with Crippen molar-refractivity contribution in [3.8, 4) is 0 Å². The summed E-state index contributed by atoms with van der Waals surface area (Å²) in [7, 11) is 0. The Balaban J connectivity index is 2.23. The third-order valence-electron chi connectivity index (χ3n) is 5.60. The Labute approximate surface area is 175 Å². The van der Waals surface area contributed by atoms with Gasteiger partial charge in [0.05, 0.1) is 5.54 Å². The van der Waals surface area contributed by atoms with Crippen molar-refractivity contribution in [1.29, 1.82) is 0 Å². The number of carboxylic acid groups (broad SMARTS) is 1. The van der Waals surface area contributed by atoms with E-state index in [0.717, 1.165) is 24.0 Å². The maximum absolute atomic E-state index is 12.7. The molecule has 1 aliphatic rings. The Hall–Kier alpha value is -2.30. The molecule has 2 rings (SSSR count). The van der Waals surface area contributed by atoms with Crippen molar-refractivity contribution in [2.75, 3.05) is 6.54 Å². The first-order chi connectivity index (χ1) is 13.4. The molecule has 0 saturated heterocycles. The number of carbonyl (C=O) groups excluding carboxylic acids is 1. The number of hydrogen-bond acceptors (Lipinski definition) is 2. The molecule has 1 atom stereocenters. The molecule has 0 bridgehead atoms. The van der Waals surface area contributed by atoms with Crippen LogP contribution in [-0.4, -0.2) is 28.6 Å². The molecule has 0 radical (unpaired) electrons. The highest BCUT2D eigenvalue weighted by Gasteiger charge is 2.39. The predicted molar refractivity (Wildman–Crippen MR) is 117 cm³/mol. The fraction of sp³-hybridized carbons (Fsp3) is 0.583. The molecule has 1 aromatic rings. The SMILES string of the molecule is CC(C)C1=CN(CCCC(=O)O)C(=O)NC1(C)c1ccc(CCC(C)(C)C)cc1. The Morgan fingerprint density at radius 2 is 1.83 bits per heavy atom. The lowest BCUT2D eigenvalue weighted by atomic mass is 9.78. The molecule has 0 aromatic heterocycles. The second-order valence-electron chi connectivity index (χ2n) is 9.74. The molecule has 1 aliphatic heterocycles. The number of rotatable bonds is 8.